The van der Waals surface area contributed by atoms with Gasteiger partial charge in [0.2, 0.25) is 11.7 Å². The maximum absolute atomic E-state index is 14.7. The lowest BCUT2D eigenvalue weighted by Crippen LogP contribution is -2.43. The molecule has 2 aromatic carbocycles. The summed E-state index contributed by atoms with van der Waals surface area (Å²) in [6.07, 6.45) is 0.873. The first-order valence-corrected chi connectivity index (χ1v) is 19.1. The van der Waals surface area contributed by atoms with Gasteiger partial charge in [0.05, 0.1) is 35.7 Å². The average molecular weight is 835 g/mol. The molecule has 0 radical (unpaired) electrons. The number of alkyl halides is 3. The summed E-state index contributed by atoms with van der Waals surface area (Å²) in [6.45, 7) is 7.87. The zero-order valence-electron chi connectivity index (χ0n) is 32.5. The quantitative estimate of drug-likeness (QED) is 0.146. The van der Waals surface area contributed by atoms with Crippen molar-refractivity contribution in [1.82, 2.24) is 34.0 Å². The van der Waals surface area contributed by atoms with Crippen molar-refractivity contribution in [2.24, 2.45) is 0 Å². The van der Waals surface area contributed by atoms with E-state index in [0.29, 0.717) is 43.5 Å². The summed E-state index contributed by atoms with van der Waals surface area (Å²) in [6, 6.07) is 10.8. The van der Waals surface area contributed by atoms with Gasteiger partial charge in [0, 0.05) is 17.8 Å². The van der Waals surface area contributed by atoms with E-state index >= 15 is 0 Å². The molecule has 0 unspecified atom stereocenters. The van der Waals surface area contributed by atoms with Crippen LogP contribution in [-0.2, 0) is 35.3 Å². The molecular weight excluding hydrogens is 796 g/mol. The third-order valence-electron chi connectivity index (χ3n) is 10.2. The number of nitrogens with one attached hydrogen (secondary N) is 1. The van der Waals surface area contributed by atoms with Gasteiger partial charge < -0.3 is 24.3 Å². The van der Waals surface area contributed by atoms with Crippen molar-refractivity contribution < 1.29 is 36.6 Å². The molecule has 0 spiro atoms. The number of aromatic nitrogens is 6. The third kappa shape index (κ3) is 8.34. The molecule has 1 N–H and O–H groups in total. The van der Waals surface area contributed by atoms with Crippen molar-refractivity contribution in [3.63, 3.8) is 0 Å². The van der Waals surface area contributed by atoms with Crippen LogP contribution in [-0.4, -0.2) is 71.1 Å². The Morgan fingerprint density at radius 3 is 2.58 bits per heavy atom. The molecule has 2 amide bonds. The Kier molecular flexibility index (Phi) is 11.4. The number of carbonyl (C=O) groups excluding carboxylic acids is 2. The standard InChI is InChI=1S/C41H39ClF4N8O5/c1-5-30-27(17-25-18-40(3,4)53(19-25)38(57)34-35(23(2)47-22-48-34)59-21-24-9-7-6-8-10-24)37(56)54-39(50-36(51-54)26-13-15-58-16-14-26)52(30)20-31(55)49-29-12-11-28(41(44,45)46)33(43)32(29)42/h6-13,17,22H,5,14-16,18-21H2,1-4H3,(H,49,55)/b25-17+. The van der Waals surface area contributed by atoms with Crippen LogP contribution in [0, 0.1) is 12.7 Å². The van der Waals surface area contributed by atoms with E-state index in [1.54, 1.807) is 30.9 Å². The predicted molar refractivity (Wildman–Crippen MR) is 210 cm³/mol. The Morgan fingerprint density at radius 2 is 1.88 bits per heavy atom. The number of anilines is 1. The highest BCUT2D eigenvalue weighted by Gasteiger charge is 2.41. The molecule has 13 nitrogen and oxygen atoms in total. The van der Waals surface area contributed by atoms with Crippen molar-refractivity contribution >= 4 is 46.5 Å². The smallest absolute Gasteiger partial charge is 0.419 e. The zero-order chi connectivity index (χ0) is 42.2. The highest BCUT2D eigenvalue weighted by Crippen LogP contribution is 2.38. The Labute approximate surface area is 340 Å². The summed E-state index contributed by atoms with van der Waals surface area (Å²) in [4.78, 5) is 57.2. The highest BCUT2D eigenvalue weighted by atomic mass is 35.5. The fourth-order valence-electron chi connectivity index (χ4n) is 7.29. The molecule has 308 valence electrons. The molecule has 1 saturated heterocycles. The van der Waals surface area contributed by atoms with Gasteiger partial charge in [-0.2, -0.15) is 22.7 Å². The number of halogens is 5. The average Bonchev–Trinajstić information content (AvgIpc) is 3.79. The molecule has 59 heavy (non-hydrogen) atoms. The number of hydrogen-bond acceptors (Lipinski definition) is 9. The van der Waals surface area contributed by atoms with Gasteiger partial charge in [-0.3, -0.25) is 14.4 Å². The summed E-state index contributed by atoms with van der Waals surface area (Å²) in [5, 5.41) is 6.03. The number of amides is 2. The molecule has 5 aromatic rings. The van der Waals surface area contributed by atoms with Gasteiger partial charge in [0.15, 0.2) is 23.1 Å². The minimum atomic E-state index is -5.00. The maximum atomic E-state index is 14.7. The first-order valence-electron chi connectivity index (χ1n) is 18.7. The van der Waals surface area contributed by atoms with Crippen LogP contribution in [0.4, 0.5) is 23.2 Å². The molecule has 2 aliphatic heterocycles. The summed E-state index contributed by atoms with van der Waals surface area (Å²) >= 11 is 5.96. The summed E-state index contributed by atoms with van der Waals surface area (Å²) in [5.41, 5.74) is 0.311. The van der Waals surface area contributed by atoms with Crippen molar-refractivity contribution in [3.05, 3.63) is 121 Å². The molecule has 0 saturated carbocycles. The van der Waals surface area contributed by atoms with Crippen LogP contribution in [0.3, 0.4) is 0 Å². The van der Waals surface area contributed by atoms with E-state index in [0.717, 1.165) is 27.3 Å². The SMILES string of the molecule is CCc1c(/C=C2/CN(C(=O)c3ncnc(C)c3OCc3ccccc3)C(C)(C)C2)c(=O)n2nc(C3=CCOCC3)nc2n1CC(=O)Nc1ccc(C(F)(F)F)c(F)c1Cl. The second-order valence-electron chi connectivity index (χ2n) is 14.7. The molecule has 18 heteroatoms. The Hall–Kier alpha value is -5.94. The fourth-order valence-corrected chi connectivity index (χ4v) is 7.50. The van der Waals surface area contributed by atoms with E-state index in [-0.39, 0.29) is 53.9 Å². The van der Waals surface area contributed by atoms with Gasteiger partial charge in [-0.05, 0) is 75.0 Å². The highest BCUT2D eigenvalue weighted by molar-refractivity contribution is 6.34. The number of likely N-dealkylation sites (tertiary alicyclic amines) is 1. The van der Waals surface area contributed by atoms with E-state index < -0.39 is 52.0 Å². The summed E-state index contributed by atoms with van der Waals surface area (Å²) in [7, 11) is 0. The van der Waals surface area contributed by atoms with Crippen molar-refractivity contribution in [2.45, 2.75) is 71.8 Å². The summed E-state index contributed by atoms with van der Waals surface area (Å²) in [5.74, 6) is -2.36. The van der Waals surface area contributed by atoms with Crippen molar-refractivity contribution in [1.29, 1.82) is 0 Å². The van der Waals surface area contributed by atoms with Gasteiger partial charge in [-0.15, -0.1) is 5.10 Å². The molecule has 7 rings (SSSR count). The largest absolute Gasteiger partial charge is 0.485 e. The van der Waals surface area contributed by atoms with Crippen molar-refractivity contribution in [2.75, 3.05) is 25.1 Å². The lowest BCUT2D eigenvalue weighted by atomic mass is 9.98. The lowest BCUT2D eigenvalue weighted by molar-refractivity contribution is -0.140. The number of hydrogen-bond donors (Lipinski definition) is 1. The van der Waals surface area contributed by atoms with E-state index in [1.807, 2.05) is 44.2 Å². The van der Waals surface area contributed by atoms with Gasteiger partial charge in [0.25, 0.3) is 11.5 Å². The number of nitrogens with zero attached hydrogens (tertiary/aromatic N) is 7. The minimum absolute atomic E-state index is 0.0296. The second-order valence-corrected chi connectivity index (χ2v) is 15.1. The van der Waals surface area contributed by atoms with Crippen LogP contribution >= 0.6 is 11.6 Å². The van der Waals surface area contributed by atoms with Crippen molar-refractivity contribution in [3.8, 4) is 5.75 Å². The minimum Gasteiger partial charge on any atom is -0.485 e. The topological polar surface area (TPSA) is 146 Å². The molecule has 5 heterocycles. The Bertz CT molecular complexity index is 2590. The fraction of sp³-hybridized carbons (Fsp3) is 0.341. The molecule has 2 aliphatic rings. The first kappa shape index (κ1) is 41.2. The van der Waals surface area contributed by atoms with Gasteiger partial charge in [0.1, 0.15) is 24.5 Å². The molecular formula is C41H39ClF4N8O5. The third-order valence-corrected chi connectivity index (χ3v) is 10.6. The lowest BCUT2D eigenvalue weighted by Gasteiger charge is -2.31. The molecule has 0 atom stereocenters. The molecule has 0 bridgehead atoms. The normalized spacial score (nSPS) is 16.1. The van der Waals surface area contributed by atoms with Gasteiger partial charge in [-0.1, -0.05) is 54.9 Å². The summed E-state index contributed by atoms with van der Waals surface area (Å²) < 4.78 is 68.7. The number of carbonyl (C=O) groups is 2. The number of ether oxygens (including phenoxy) is 2. The monoisotopic (exact) mass is 834 g/mol. The van der Waals surface area contributed by atoms with Crippen LogP contribution < -0.4 is 15.6 Å². The van der Waals surface area contributed by atoms with Crippen LogP contribution in [0.5, 0.6) is 5.75 Å². The maximum Gasteiger partial charge on any atom is 0.419 e. The number of fused-ring (bicyclic) bond motifs is 1. The number of aryl methyl sites for hydroxylation is 1. The Morgan fingerprint density at radius 1 is 1.12 bits per heavy atom. The zero-order valence-corrected chi connectivity index (χ0v) is 33.2. The van der Waals surface area contributed by atoms with Crippen LogP contribution in [0.15, 0.2) is 65.2 Å². The van der Waals surface area contributed by atoms with Crippen LogP contribution in [0.2, 0.25) is 5.02 Å². The second kappa shape index (κ2) is 16.4. The van der Waals surface area contributed by atoms with E-state index in [4.69, 9.17) is 21.1 Å². The van der Waals surface area contributed by atoms with E-state index in [2.05, 4.69) is 25.4 Å². The molecule has 3 aromatic heterocycles. The Balaban J connectivity index is 1.25. The van der Waals surface area contributed by atoms with Crippen LogP contribution in [0.25, 0.3) is 17.4 Å². The van der Waals surface area contributed by atoms with Gasteiger partial charge >= 0.3 is 6.18 Å². The molecule has 0 aliphatic carbocycles. The van der Waals surface area contributed by atoms with E-state index in [9.17, 15) is 31.9 Å². The number of rotatable bonds is 10. The van der Waals surface area contributed by atoms with Gasteiger partial charge in [-0.25, -0.2) is 14.4 Å². The predicted octanol–water partition coefficient (Wildman–Crippen LogP) is 7.09. The van der Waals surface area contributed by atoms with E-state index in [1.165, 1.54) is 10.9 Å². The first-order chi connectivity index (χ1) is 28.1. The number of benzene rings is 2. The molecule has 1 fully saturated rings. The van der Waals surface area contributed by atoms with Crippen LogP contribution in [0.1, 0.15) is 78.0 Å².